The minimum atomic E-state index is -0.530. The molecule has 0 fully saturated rings. The number of carbonyl (C=O) groups is 1. The summed E-state index contributed by atoms with van der Waals surface area (Å²) in [6.45, 7) is 4.23. The number of carbonyl (C=O) groups excluding carboxylic acids is 1. The van der Waals surface area contributed by atoms with E-state index in [1.807, 2.05) is 44.2 Å². The fourth-order valence-corrected chi connectivity index (χ4v) is 2.76. The molecule has 0 aliphatic heterocycles. The second kappa shape index (κ2) is 7.30. The summed E-state index contributed by atoms with van der Waals surface area (Å²) < 4.78 is 6.93. The van der Waals surface area contributed by atoms with Gasteiger partial charge in [0.15, 0.2) is 5.69 Å². The number of rotatable bonds is 5. The Kier molecular flexibility index (Phi) is 4.93. The Labute approximate surface area is 145 Å². The Morgan fingerprint density at radius 1 is 1.08 bits per heavy atom. The van der Waals surface area contributed by atoms with Crippen molar-refractivity contribution in [2.75, 3.05) is 0 Å². The lowest BCUT2D eigenvalue weighted by Gasteiger charge is -2.15. The molecule has 1 unspecified atom stereocenters. The van der Waals surface area contributed by atoms with Crippen LogP contribution in [0.25, 0.3) is 10.8 Å². The summed E-state index contributed by atoms with van der Waals surface area (Å²) >= 11 is 0. The molecule has 0 amide bonds. The van der Waals surface area contributed by atoms with Gasteiger partial charge in [0.1, 0.15) is 6.10 Å². The molecule has 1 heterocycles. The first kappa shape index (κ1) is 16.9. The molecule has 5 nitrogen and oxygen atoms in total. The number of hydrogen-bond donors (Lipinski definition) is 0. The molecule has 1 atom stereocenters. The molecule has 0 saturated heterocycles. The van der Waals surface area contributed by atoms with E-state index in [0.717, 1.165) is 12.0 Å². The van der Waals surface area contributed by atoms with E-state index < -0.39 is 12.1 Å². The molecule has 0 radical (unpaired) electrons. The molecule has 2 aromatic carbocycles. The zero-order chi connectivity index (χ0) is 17.8. The molecular formula is C20H20N2O3. The number of nitrogens with zero attached hydrogens (tertiary/aromatic N) is 2. The third kappa shape index (κ3) is 3.45. The summed E-state index contributed by atoms with van der Waals surface area (Å²) in [4.78, 5) is 25.2. The van der Waals surface area contributed by atoms with Crippen LogP contribution in [0.3, 0.4) is 0 Å². The van der Waals surface area contributed by atoms with Gasteiger partial charge in [0.05, 0.1) is 5.39 Å². The molecule has 1 aromatic heterocycles. The first-order chi connectivity index (χ1) is 12.1. The third-order valence-corrected chi connectivity index (χ3v) is 4.05. The van der Waals surface area contributed by atoms with Crippen molar-refractivity contribution in [2.45, 2.75) is 32.9 Å². The van der Waals surface area contributed by atoms with Gasteiger partial charge in [-0.1, -0.05) is 55.5 Å². The molecule has 0 bridgehead atoms. The fraction of sp³-hybridized carbons (Fsp3) is 0.250. The minimum Gasteiger partial charge on any atom is -0.453 e. The van der Waals surface area contributed by atoms with Crippen LogP contribution in [0.4, 0.5) is 0 Å². The van der Waals surface area contributed by atoms with E-state index in [2.05, 4.69) is 5.10 Å². The van der Waals surface area contributed by atoms with Crippen LogP contribution in [0.15, 0.2) is 59.4 Å². The maximum absolute atomic E-state index is 12.7. The zero-order valence-electron chi connectivity index (χ0n) is 14.3. The quantitative estimate of drug-likeness (QED) is 0.666. The third-order valence-electron chi connectivity index (χ3n) is 4.05. The molecule has 0 N–H and O–H groups in total. The van der Waals surface area contributed by atoms with Gasteiger partial charge in [-0.3, -0.25) is 4.79 Å². The fourth-order valence-electron chi connectivity index (χ4n) is 2.76. The van der Waals surface area contributed by atoms with Crippen LogP contribution < -0.4 is 5.56 Å². The molecule has 5 heteroatoms. The second-order valence-electron chi connectivity index (χ2n) is 5.88. The van der Waals surface area contributed by atoms with Gasteiger partial charge in [0, 0.05) is 11.9 Å². The monoisotopic (exact) mass is 336 g/mol. The molecule has 0 aliphatic carbocycles. The summed E-state index contributed by atoms with van der Waals surface area (Å²) in [5, 5.41) is 5.26. The highest BCUT2D eigenvalue weighted by atomic mass is 16.5. The first-order valence-electron chi connectivity index (χ1n) is 8.37. The highest BCUT2D eigenvalue weighted by Gasteiger charge is 2.20. The summed E-state index contributed by atoms with van der Waals surface area (Å²) in [7, 11) is 0. The average molecular weight is 336 g/mol. The molecule has 0 spiro atoms. The smallest absolute Gasteiger partial charge is 0.360 e. The molecule has 128 valence electrons. The van der Waals surface area contributed by atoms with E-state index in [0.29, 0.717) is 17.3 Å². The number of benzene rings is 2. The minimum absolute atomic E-state index is 0.173. The SMILES string of the molecule is CCCn1nc(C(=O)OC(C)c2ccccc2)c2ccccc2c1=O. The largest absolute Gasteiger partial charge is 0.453 e. The average Bonchev–Trinajstić information content (AvgIpc) is 2.65. The normalized spacial score (nSPS) is 12.1. The lowest BCUT2D eigenvalue weighted by atomic mass is 10.1. The van der Waals surface area contributed by atoms with Crippen LogP contribution in [0.5, 0.6) is 0 Å². The van der Waals surface area contributed by atoms with E-state index in [1.165, 1.54) is 4.68 Å². The molecule has 0 aliphatic rings. The number of ether oxygens (including phenoxy) is 1. The highest BCUT2D eigenvalue weighted by Crippen LogP contribution is 2.20. The molecule has 25 heavy (non-hydrogen) atoms. The highest BCUT2D eigenvalue weighted by molar-refractivity contribution is 6.02. The summed E-state index contributed by atoms with van der Waals surface area (Å²) in [6, 6.07) is 16.5. The Morgan fingerprint density at radius 3 is 2.40 bits per heavy atom. The van der Waals surface area contributed by atoms with Crippen molar-refractivity contribution in [3.63, 3.8) is 0 Å². The number of hydrogen-bond acceptors (Lipinski definition) is 4. The van der Waals surface area contributed by atoms with Crippen LogP contribution in [0.1, 0.15) is 42.4 Å². The lowest BCUT2D eigenvalue weighted by molar-refractivity contribution is 0.0330. The van der Waals surface area contributed by atoms with Gasteiger partial charge in [-0.15, -0.1) is 0 Å². The number of fused-ring (bicyclic) bond motifs is 1. The first-order valence-corrected chi connectivity index (χ1v) is 8.37. The Hall–Kier alpha value is -2.95. The van der Waals surface area contributed by atoms with Gasteiger partial charge in [-0.2, -0.15) is 5.10 Å². The van der Waals surface area contributed by atoms with Crippen molar-refractivity contribution < 1.29 is 9.53 Å². The van der Waals surface area contributed by atoms with Crippen LogP contribution in [-0.2, 0) is 11.3 Å². The molecule has 0 saturated carbocycles. The van der Waals surface area contributed by atoms with Gasteiger partial charge in [-0.05, 0) is 25.0 Å². The van der Waals surface area contributed by atoms with Crippen molar-refractivity contribution in [3.8, 4) is 0 Å². The van der Waals surface area contributed by atoms with Crippen LogP contribution in [0, 0.1) is 0 Å². The van der Waals surface area contributed by atoms with Crippen molar-refractivity contribution in [3.05, 3.63) is 76.2 Å². The van der Waals surface area contributed by atoms with E-state index >= 15 is 0 Å². The van der Waals surface area contributed by atoms with Crippen molar-refractivity contribution >= 4 is 16.7 Å². The van der Waals surface area contributed by atoms with Crippen LogP contribution in [-0.4, -0.2) is 15.7 Å². The van der Waals surface area contributed by atoms with Gasteiger partial charge in [0.25, 0.3) is 5.56 Å². The maximum atomic E-state index is 12.7. The molecule has 3 aromatic rings. The van der Waals surface area contributed by atoms with Crippen molar-refractivity contribution in [2.24, 2.45) is 0 Å². The summed E-state index contributed by atoms with van der Waals surface area (Å²) in [5.41, 5.74) is 0.888. The summed E-state index contributed by atoms with van der Waals surface area (Å²) in [5.74, 6) is -0.530. The van der Waals surface area contributed by atoms with E-state index in [9.17, 15) is 9.59 Å². The van der Waals surface area contributed by atoms with Crippen LogP contribution in [0.2, 0.25) is 0 Å². The van der Waals surface area contributed by atoms with E-state index in [-0.39, 0.29) is 11.3 Å². The van der Waals surface area contributed by atoms with Crippen LogP contribution >= 0.6 is 0 Å². The van der Waals surface area contributed by atoms with Gasteiger partial charge < -0.3 is 4.74 Å². The van der Waals surface area contributed by atoms with Gasteiger partial charge >= 0.3 is 5.97 Å². The molecule has 3 rings (SSSR count). The predicted molar refractivity (Wildman–Crippen MR) is 96.6 cm³/mol. The van der Waals surface area contributed by atoms with Crippen molar-refractivity contribution in [1.29, 1.82) is 0 Å². The zero-order valence-corrected chi connectivity index (χ0v) is 14.3. The topological polar surface area (TPSA) is 61.2 Å². The number of aryl methyl sites for hydroxylation is 1. The van der Waals surface area contributed by atoms with E-state index in [1.54, 1.807) is 24.3 Å². The standard InChI is InChI=1S/C20H20N2O3/c1-3-13-22-19(23)17-12-8-7-11-16(17)18(21-22)20(24)25-14(2)15-9-5-4-6-10-15/h4-12,14H,3,13H2,1-2H3. The number of esters is 1. The Bertz CT molecular complexity index is 948. The van der Waals surface area contributed by atoms with Gasteiger partial charge in [-0.25, -0.2) is 9.48 Å². The van der Waals surface area contributed by atoms with Crippen molar-refractivity contribution in [1.82, 2.24) is 9.78 Å². The van der Waals surface area contributed by atoms with E-state index in [4.69, 9.17) is 4.74 Å². The number of aromatic nitrogens is 2. The lowest BCUT2D eigenvalue weighted by Crippen LogP contribution is -2.26. The van der Waals surface area contributed by atoms with Gasteiger partial charge in [0.2, 0.25) is 0 Å². The second-order valence-corrected chi connectivity index (χ2v) is 5.88. The summed E-state index contributed by atoms with van der Waals surface area (Å²) in [6.07, 6.45) is 0.348. The molecular weight excluding hydrogens is 316 g/mol. The Morgan fingerprint density at radius 2 is 1.72 bits per heavy atom. The Balaban J connectivity index is 2.01. The predicted octanol–water partition coefficient (Wildman–Crippen LogP) is 3.72. The maximum Gasteiger partial charge on any atom is 0.360 e.